The fraction of sp³-hybridized carbons (Fsp3) is 0.389. The molecule has 1 amide bonds. The van der Waals surface area contributed by atoms with E-state index >= 15 is 0 Å². The van der Waals surface area contributed by atoms with Crippen LogP contribution in [0.15, 0.2) is 85.1 Å². The molecule has 8 heteroatoms. The van der Waals surface area contributed by atoms with E-state index in [1.807, 2.05) is 93.6 Å². The van der Waals surface area contributed by atoms with E-state index < -0.39 is 32.1 Å². The van der Waals surface area contributed by atoms with E-state index in [0.717, 1.165) is 27.6 Å². The lowest BCUT2D eigenvalue weighted by Crippen LogP contribution is -2.41. The molecular formula is C36H46N2O5Si. The Morgan fingerprint density at radius 2 is 1.48 bits per heavy atom. The van der Waals surface area contributed by atoms with Gasteiger partial charge in [0.15, 0.2) is 8.32 Å². The third kappa shape index (κ3) is 8.18. The van der Waals surface area contributed by atoms with Gasteiger partial charge in [0.1, 0.15) is 12.2 Å². The summed E-state index contributed by atoms with van der Waals surface area (Å²) < 4.78 is 19.4. The van der Waals surface area contributed by atoms with E-state index in [2.05, 4.69) is 45.2 Å². The molecule has 3 aromatic carbocycles. The molecule has 1 heterocycles. The largest absolute Gasteiger partial charge is 0.445 e. The van der Waals surface area contributed by atoms with Crippen molar-refractivity contribution in [2.45, 2.75) is 84.3 Å². The maximum Gasteiger partial charge on any atom is 0.419 e. The molecule has 7 nitrogen and oxygen atoms in total. The summed E-state index contributed by atoms with van der Waals surface area (Å²) in [5, 5.41) is 4.06. The molecule has 0 fully saturated rings. The zero-order chi connectivity index (χ0) is 32.1. The Bertz CT molecular complexity index is 1580. The number of carbonyl (C=O) groups excluding carboxylic acids is 2. The van der Waals surface area contributed by atoms with Gasteiger partial charge < -0.3 is 19.2 Å². The molecule has 4 rings (SSSR count). The Kier molecular flexibility index (Phi) is 10.1. The summed E-state index contributed by atoms with van der Waals surface area (Å²) >= 11 is 0. The predicted molar refractivity (Wildman–Crippen MR) is 178 cm³/mol. The molecule has 0 aliphatic carbocycles. The first-order chi connectivity index (χ1) is 20.7. The first-order valence-electron chi connectivity index (χ1n) is 15.2. The molecule has 0 aliphatic rings. The van der Waals surface area contributed by atoms with Crippen molar-refractivity contribution in [3.05, 3.63) is 107 Å². The number of rotatable bonds is 9. The lowest BCUT2D eigenvalue weighted by molar-refractivity contribution is 0.0544. The van der Waals surface area contributed by atoms with Gasteiger partial charge in [-0.25, -0.2) is 9.59 Å². The maximum absolute atomic E-state index is 13.4. The Morgan fingerprint density at radius 1 is 0.841 bits per heavy atom. The highest BCUT2D eigenvalue weighted by Gasteiger charge is 2.37. The van der Waals surface area contributed by atoms with Gasteiger partial charge in [-0.15, -0.1) is 0 Å². The Balaban J connectivity index is 1.73. The number of hydrogen-bond donors (Lipinski definition) is 1. The third-order valence-corrected chi connectivity index (χ3v) is 12.7. The monoisotopic (exact) mass is 614 g/mol. The molecule has 1 N–H and O–H groups in total. The molecular weight excluding hydrogens is 568 g/mol. The highest BCUT2D eigenvalue weighted by Crippen LogP contribution is 2.37. The van der Waals surface area contributed by atoms with Crippen LogP contribution in [0.2, 0.25) is 18.1 Å². The van der Waals surface area contributed by atoms with Crippen molar-refractivity contribution < 1.29 is 23.5 Å². The summed E-state index contributed by atoms with van der Waals surface area (Å²) in [6.07, 6.45) is 1.40. The number of carbonyl (C=O) groups is 2. The summed E-state index contributed by atoms with van der Waals surface area (Å²) in [6.45, 7) is 17.4. The molecule has 44 heavy (non-hydrogen) atoms. The topological polar surface area (TPSA) is 78.8 Å². The van der Waals surface area contributed by atoms with Crippen LogP contribution in [0.4, 0.5) is 9.59 Å². The second-order valence-corrected chi connectivity index (χ2v) is 18.5. The zero-order valence-electron chi connectivity index (χ0n) is 27.3. The van der Waals surface area contributed by atoms with Crippen molar-refractivity contribution in [1.29, 1.82) is 0 Å². The van der Waals surface area contributed by atoms with Gasteiger partial charge in [0.25, 0.3) is 0 Å². The van der Waals surface area contributed by atoms with Crippen LogP contribution in [-0.4, -0.2) is 37.3 Å². The number of nitrogens with zero attached hydrogens (tertiary/aromatic N) is 1. The number of para-hydroxylation sites is 1. The smallest absolute Gasteiger partial charge is 0.419 e. The lowest BCUT2D eigenvalue weighted by atomic mass is 9.93. The minimum atomic E-state index is -1.95. The molecule has 0 aliphatic heterocycles. The first kappa shape index (κ1) is 33.0. The zero-order valence-corrected chi connectivity index (χ0v) is 28.3. The van der Waals surface area contributed by atoms with Crippen LogP contribution in [0.1, 0.15) is 69.8 Å². The van der Waals surface area contributed by atoms with Gasteiger partial charge in [0.05, 0.1) is 11.6 Å². The highest BCUT2D eigenvalue weighted by molar-refractivity contribution is 6.74. The molecule has 1 atom stereocenters. The number of ether oxygens (including phenoxy) is 2. The summed E-state index contributed by atoms with van der Waals surface area (Å²) in [7, 11) is -1.95. The van der Waals surface area contributed by atoms with E-state index in [1.54, 1.807) is 6.20 Å². The number of alkyl carbamates (subject to hydrolysis) is 1. The van der Waals surface area contributed by atoms with Crippen LogP contribution in [0.25, 0.3) is 10.9 Å². The van der Waals surface area contributed by atoms with E-state index in [1.165, 1.54) is 4.57 Å². The van der Waals surface area contributed by atoms with Gasteiger partial charge >= 0.3 is 12.2 Å². The number of benzene rings is 3. The number of hydrogen-bond acceptors (Lipinski definition) is 5. The Hall–Kier alpha value is -3.88. The van der Waals surface area contributed by atoms with Gasteiger partial charge in [0, 0.05) is 23.8 Å². The first-order valence-corrected chi connectivity index (χ1v) is 18.1. The minimum absolute atomic E-state index is 0.0998. The predicted octanol–water partition coefficient (Wildman–Crippen LogP) is 9.00. The Morgan fingerprint density at radius 3 is 2.16 bits per heavy atom. The van der Waals surface area contributed by atoms with Crippen molar-refractivity contribution in [2.75, 3.05) is 6.61 Å². The van der Waals surface area contributed by atoms with Crippen LogP contribution >= 0.6 is 0 Å². The van der Waals surface area contributed by atoms with Crippen LogP contribution in [0.3, 0.4) is 0 Å². The summed E-state index contributed by atoms with van der Waals surface area (Å²) in [4.78, 5) is 26.7. The number of fused-ring (bicyclic) bond motifs is 1. The number of amides is 1. The SMILES string of the molecule is CC(C)(C)OC(=O)n1cc([C@H](NC(=O)OCc2ccccc2)c2ccccc2CCO[Si](C)(C)C(C)(C)C)c2ccccc21. The van der Waals surface area contributed by atoms with Crippen molar-refractivity contribution >= 4 is 31.4 Å². The summed E-state index contributed by atoms with van der Waals surface area (Å²) in [5.41, 5.74) is 3.65. The van der Waals surface area contributed by atoms with Crippen molar-refractivity contribution in [1.82, 2.24) is 9.88 Å². The summed E-state index contributed by atoms with van der Waals surface area (Å²) in [5.74, 6) is 0. The second-order valence-electron chi connectivity index (χ2n) is 13.6. The van der Waals surface area contributed by atoms with Crippen LogP contribution in [0, 0.1) is 0 Å². The molecule has 0 spiro atoms. The van der Waals surface area contributed by atoms with Crippen molar-refractivity contribution in [3.63, 3.8) is 0 Å². The van der Waals surface area contributed by atoms with Crippen molar-refractivity contribution in [2.24, 2.45) is 0 Å². The lowest BCUT2D eigenvalue weighted by Gasteiger charge is -2.36. The quantitative estimate of drug-likeness (QED) is 0.190. The number of nitrogens with one attached hydrogen (secondary N) is 1. The Labute approximate surface area is 262 Å². The second kappa shape index (κ2) is 13.4. The van der Waals surface area contributed by atoms with E-state index in [-0.39, 0.29) is 11.6 Å². The fourth-order valence-electron chi connectivity index (χ4n) is 4.78. The van der Waals surface area contributed by atoms with Crippen LogP contribution in [0.5, 0.6) is 0 Å². The van der Waals surface area contributed by atoms with Gasteiger partial charge in [0.2, 0.25) is 0 Å². The van der Waals surface area contributed by atoms with Gasteiger partial charge in [-0.2, -0.15) is 0 Å². The fourth-order valence-corrected chi connectivity index (χ4v) is 5.83. The molecule has 0 bridgehead atoms. The summed E-state index contributed by atoms with van der Waals surface area (Å²) in [6, 6.07) is 24.7. The molecule has 4 aromatic rings. The average Bonchev–Trinajstić information content (AvgIpc) is 3.34. The molecule has 1 aromatic heterocycles. The molecule has 0 saturated carbocycles. The number of aromatic nitrogens is 1. The van der Waals surface area contributed by atoms with Crippen molar-refractivity contribution in [3.8, 4) is 0 Å². The van der Waals surface area contributed by atoms with E-state index in [0.29, 0.717) is 18.5 Å². The highest BCUT2D eigenvalue weighted by atomic mass is 28.4. The third-order valence-electron chi connectivity index (χ3n) is 8.13. The molecule has 234 valence electrons. The van der Waals surface area contributed by atoms with Crippen LogP contribution in [-0.2, 0) is 26.9 Å². The van der Waals surface area contributed by atoms with E-state index in [4.69, 9.17) is 13.9 Å². The van der Waals surface area contributed by atoms with E-state index in [9.17, 15) is 9.59 Å². The van der Waals surface area contributed by atoms with Gasteiger partial charge in [-0.05, 0) is 68.1 Å². The molecule has 0 unspecified atom stereocenters. The maximum atomic E-state index is 13.4. The average molecular weight is 615 g/mol. The van der Waals surface area contributed by atoms with Gasteiger partial charge in [-0.3, -0.25) is 4.57 Å². The van der Waals surface area contributed by atoms with Gasteiger partial charge in [-0.1, -0.05) is 93.6 Å². The standard InChI is InChI=1S/C36H46N2O5Si/c1-35(2,3)43-34(40)38-24-30(29-20-14-15-21-31(29)38)32(37-33(39)41-25-26-16-10-9-11-17-26)28-19-13-12-18-27(28)22-23-42-44(7,8)36(4,5)6/h9-21,24,32H,22-23,25H2,1-8H3,(H,37,39)/t32-/m1/s1. The normalized spacial score (nSPS) is 13.0. The molecule has 0 saturated heterocycles. The molecule has 0 radical (unpaired) electrons. The minimum Gasteiger partial charge on any atom is -0.445 e. The van der Waals surface area contributed by atoms with Crippen LogP contribution < -0.4 is 5.32 Å².